The lowest BCUT2D eigenvalue weighted by atomic mass is 10.0. The number of guanidine groups is 1. The highest BCUT2D eigenvalue weighted by Gasteiger charge is 2.21. The van der Waals surface area contributed by atoms with E-state index >= 15 is 0 Å². The number of ether oxygens (including phenoxy) is 3. The first-order valence-corrected chi connectivity index (χ1v) is 8.79. The van der Waals surface area contributed by atoms with Crippen molar-refractivity contribution in [2.24, 2.45) is 0 Å². The van der Waals surface area contributed by atoms with Gasteiger partial charge in [0.1, 0.15) is 11.3 Å². The standard InChI is InChI=1S/C21H22N4O4/c1-12-7-5-6-8-13(12)14-9-15(25-21(22)23-11-26)18-19(24-14)16(27-2)10-17(28-3)20(18)29-4/h5-11H,1-4H3,(H3,22,23,24,25,26). The van der Waals surface area contributed by atoms with E-state index in [4.69, 9.17) is 24.6 Å². The Bertz CT molecular complexity index is 1080. The van der Waals surface area contributed by atoms with Crippen molar-refractivity contribution in [2.75, 3.05) is 26.6 Å². The smallest absolute Gasteiger partial charge is 0.213 e. The molecule has 8 heteroatoms. The minimum Gasteiger partial charge on any atom is -0.494 e. The Kier molecular flexibility index (Phi) is 5.82. The fraction of sp³-hybridized carbons (Fsp3) is 0.190. The number of nitrogens with one attached hydrogen (secondary N) is 3. The number of rotatable bonds is 6. The zero-order valence-electron chi connectivity index (χ0n) is 16.6. The van der Waals surface area contributed by atoms with Crippen LogP contribution in [0.5, 0.6) is 17.2 Å². The summed E-state index contributed by atoms with van der Waals surface area (Å²) in [5.74, 6) is 1.20. The summed E-state index contributed by atoms with van der Waals surface area (Å²) in [6, 6.07) is 11.4. The number of hydrogen-bond donors (Lipinski definition) is 3. The van der Waals surface area contributed by atoms with Gasteiger partial charge < -0.3 is 19.5 Å². The van der Waals surface area contributed by atoms with Crippen molar-refractivity contribution in [3.05, 3.63) is 42.0 Å². The van der Waals surface area contributed by atoms with Crippen molar-refractivity contribution in [1.29, 1.82) is 5.41 Å². The maximum Gasteiger partial charge on any atom is 0.213 e. The molecule has 150 valence electrons. The van der Waals surface area contributed by atoms with Gasteiger partial charge >= 0.3 is 0 Å². The van der Waals surface area contributed by atoms with Crippen LogP contribution in [0.25, 0.3) is 22.2 Å². The Balaban J connectivity index is 2.39. The van der Waals surface area contributed by atoms with Crippen molar-refractivity contribution in [3.63, 3.8) is 0 Å². The number of fused-ring (bicyclic) bond motifs is 1. The number of benzene rings is 2. The zero-order valence-corrected chi connectivity index (χ0v) is 16.6. The molecule has 3 aromatic rings. The van der Waals surface area contributed by atoms with E-state index in [-0.39, 0.29) is 5.96 Å². The predicted octanol–water partition coefficient (Wildman–Crippen LogP) is 3.33. The number of carbonyl (C=O) groups is 1. The number of nitrogens with zero attached hydrogens (tertiary/aromatic N) is 1. The Morgan fingerprint density at radius 2 is 1.79 bits per heavy atom. The Morgan fingerprint density at radius 3 is 2.41 bits per heavy atom. The van der Waals surface area contributed by atoms with Crippen LogP contribution in [0, 0.1) is 12.3 Å². The highest BCUT2D eigenvalue weighted by atomic mass is 16.5. The monoisotopic (exact) mass is 394 g/mol. The molecular formula is C21H22N4O4. The lowest BCUT2D eigenvalue weighted by Crippen LogP contribution is -2.28. The topological polar surface area (TPSA) is 106 Å². The van der Waals surface area contributed by atoms with Crippen molar-refractivity contribution >= 4 is 29.0 Å². The maximum atomic E-state index is 10.8. The third kappa shape index (κ3) is 3.77. The molecule has 0 aliphatic heterocycles. The average molecular weight is 394 g/mol. The molecule has 0 bridgehead atoms. The molecule has 1 aromatic heterocycles. The molecule has 3 N–H and O–H groups in total. The molecule has 0 radical (unpaired) electrons. The van der Waals surface area contributed by atoms with Crippen molar-refractivity contribution < 1.29 is 19.0 Å². The van der Waals surface area contributed by atoms with Crippen LogP contribution < -0.4 is 24.8 Å². The van der Waals surface area contributed by atoms with Crippen molar-refractivity contribution in [3.8, 4) is 28.5 Å². The quantitative estimate of drug-likeness (QED) is 0.336. The van der Waals surface area contributed by atoms with Gasteiger partial charge in [-0.2, -0.15) is 0 Å². The van der Waals surface area contributed by atoms with Crippen LogP contribution in [-0.2, 0) is 4.79 Å². The fourth-order valence-corrected chi connectivity index (χ4v) is 3.17. The minimum absolute atomic E-state index is 0.188. The Labute approximate surface area is 168 Å². The van der Waals surface area contributed by atoms with Crippen molar-refractivity contribution in [2.45, 2.75) is 6.92 Å². The first-order valence-electron chi connectivity index (χ1n) is 8.79. The molecule has 2 aromatic carbocycles. The number of methoxy groups -OCH3 is 3. The molecule has 3 rings (SSSR count). The third-order valence-corrected chi connectivity index (χ3v) is 4.49. The van der Waals surface area contributed by atoms with Crippen LogP contribution in [-0.4, -0.2) is 38.7 Å². The van der Waals surface area contributed by atoms with Gasteiger partial charge in [-0.15, -0.1) is 0 Å². The minimum atomic E-state index is -0.188. The highest BCUT2D eigenvalue weighted by molar-refractivity contribution is 6.09. The summed E-state index contributed by atoms with van der Waals surface area (Å²) in [6.07, 6.45) is 0.430. The van der Waals surface area contributed by atoms with E-state index in [9.17, 15) is 4.79 Å². The van der Waals surface area contributed by atoms with Gasteiger partial charge in [0.05, 0.1) is 38.1 Å². The fourth-order valence-electron chi connectivity index (χ4n) is 3.17. The van der Waals surface area contributed by atoms with E-state index in [0.717, 1.165) is 11.1 Å². The molecule has 0 saturated heterocycles. The zero-order chi connectivity index (χ0) is 21.0. The van der Waals surface area contributed by atoms with Gasteiger partial charge in [0, 0.05) is 11.6 Å². The van der Waals surface area contributed by atoms with Gasteiger partial charge in [-0.05, 0) is 18.6 Å². The largest absolute Gasteiger partial charge is 0.494 e. The van der Waals surface area contributed by atoms with Gasteiger partial charge in [0.25, 0.3) is 0 Å². The third-order valence-electron chi connectivity index (χ3n) is 4.49. The Hall–Kier alpha value is -3.81. The number of anilines is 1. The summed E-state index contributed by atoms with van der Waals surface area (Å²) in [5.41, 5.74) is 3.71. The highest BCUT2D eigenvalue weighted by Crippen LogP contribution is 2.45. The molecule has 0 aliphatic carbocycles. The van der Waals surface area contributed by atoms with Gasteiger partial charge in [-0.1, -0.05) is 24.3 Å². The molecule has 0 aliphatic rings. The number of carbonyl (C=O) groups excluding carboxylic acids is 1. The van der Waals surface area contributed by atoms with Gasteiger partial charge in [-0.3, -0.25) is 15.5 Å². The summed E-state index contributed by atoms with van der Waals surface area (Å²) in [7, 11) is 4.60. The molecule has 0 atom stereocenters. The molecule has 1 heterocycles. The lowest BCUT2D eigenvalue weighted by molar-refractivity contribution is -0.108. The van der Waals surface area contributed by atoms with E-state index in [0.29, 0.717) is 45.9 Å². The first kappa shape index (κ1) is 19.9. The SMILES string of the molecule is COc1cc(OC)c2nc(-c3ccccc3C)cc(NC(=N)NC=O)c2c1OC. The molecule has 29 heavy (non-hydrogen) atoms. The first-order chi connectivity index (χ1) is 14.0. The number of aryl methyl sites for hydroxylation is 1. The van der Waals surface area contributed by atoms with Crippen LogP contribution in [0.1, 0.15) is 5.56 Å². The molecule has 1 amide bonds. The lowest BCUT2D eigenvalue weighted by Gasteiger charge is -2.19. The van der Waals surface area contributed by atoms with E-state index in [2.05, 4.69) is 10.6 Å². The summed E-state index contributed by atoms with van der Waals surface area (Å²) in [4.78, 5) is 15.6. The second-order valence-corrected chi connectivity index (χ2v) is 6.17. The number of hydrogen-bond acceptors (Lipinski definition) is 6. The number of aromatic nitrogens is 1. The predicted molar refractivity (Wildman–Crippen MR) is 112 cm³/mol. The van der Waals surface area contributed by atoms with E-state index in [1.807, 2.05) is 31.2 Å². The second kappa shape index (κ2) is 8.47. The normalized spacial score (nSPS) is 10.3. The average Bonchev–Trinajstić information content (AvgIpc) is 2.72. The Morgan fingerprint density at radius 1 is 1.07 bits per heavy atom. The maximum absolute atomic E-state index is 10.8. The summed E-state index contributed by atoms with van der Waals surface area (Å²) in [5, 5.41) is 13.7. The van der Waals surface area contributed by atoms with Crippen LogP contribution >= 0.6 is 0 Å². The van der Waals surface area contributed by atoms with Crippen molar-refractivity contribution in [1.82, 2.24) is 10.3 Å². The van der Waals surface area contributed by atoms with Gasteiger partial charge in [0.15, 0.2) is 17.5 Å². The summed E-state index contributed by atoms with van der Waals surface area (Å²) < 4.78 is 16.6. The molecular weight excluding hydrogens is 372 g/mol. The summed E-state index contributed by atoms with van der Waals surface area (Å²) in [6.45, 7) is 2.00. The molecule has 0 saturated carbocycles. The van der Waals surface area contributed by atoms with E-state index in [1.54, 1.807) is 19.2 Å². The summed E-state index contributed by atoms with van der Waals surface area (Å²) >= 11 is 0. The van der Waals surface area contributed by atoms with Gasteiger partial charge in [-0.25, -0.2) is 4.98 Å². The van der Waals surface area contributed by atoms with E-state index in [1.165, 1.54) is 14.2 Å². The molecule has 0 fully saturated rings. The molecule has 8 nitrogen and oxygen atoms in total. The number of amides is 1. The van der Waals surface area contributed by atoms with Gasteiger partial charge in [0.2, 0.25) is 6.41 Å². The molecule has 0 unspecified atom stereocenters. The molecule has 0 spiro atoms. The number of pyridine rings is 1. The van der Waals surface area contributed by atoms with Crippen LogP contribution in [0.15, 0.2) is 36.4 Å². The second-order valence-electron chi connectivity index (χ2n) is 6.17. The van der Waals surface area contributed by atoms with E-state index < -0.39 is 0 Å². The van der Waals surface area contributed by atoms with Crippen LogP contribution in [0.4, 0.5) is 5.69 Å². The van der Waals surface area contributed by atoms with Crippen LogP contribution in [0.3, 0.4) is 0 Å². The van der Waals surface area contributed by atoms with Crippen LogP contribution in [0.2, 0.25) is 0 Å².